The van der Waals surface area contributed by atoms with E-state index in [-0.39, 0.29) is 12.1 Å². The highest BCUT2D eigenvalue weighted by atomic mass is 32.2. The summed E-state index contributed by atoms with van der Waals surface area (Å²) in [6, 6.07) is -0.891. The lowest BCUT2D eigenvalue weighted by Crippen LogP contribution is -2.52. The second kappa shape index (κ2) is 8.36. The van der Waals surface area contributed by atoms with E-state index in [4.69, 9.17) is 5.11 Å². The fourth-order valence-electron chi connectivity index (χ4n) is 2.29. The van der Waals surface area contributed by atoms with Crippen molar-refractivity contribution in [2.45, 2.75) is 31.3 Å². The van der Waals surface area contributed by atoms with Crippen molar-refractivity contribution < 1.29 is 14.7 Å². The van der Waals surface area contributed by atoms with Gasteiger partial charge in [0.15, 0.2) is 0 Å². The average Bonchev–Trinajstić information content (AvgIpc) is 2.42. The van der Waals surface area contributed by atoms with E-state index in [0.29, 0.717) is 6.42 Å². The molecule has 2 N–H and O–H groups in total. The van der Waals surface area contributed by atoms with Crippen molar-refractivity contribution in [2.24, 2.45) is 0 Å². The summed E-state index contributed by atoms with van der Waals surface area (Å²) in [6.45, 7) is 1.94. The molecular formula is C13H25N3O3S. The average molecular weight is 303 g/mol. The number of nitrogens with zero attached hydrogens (tertiary/aromatic N) is 2. The van der Waals surface area contributed by atoms with Gasteiger partial charge in [-0.2, -0.15) is 11.8 Å². The van der Waals surface area contributed by atoms with Gasteiger partial charge >= 0.3 is 12.0 Å². The zero-order valence-corrected chi connectivity index (χ0v) is 13.3. The summed E-state index contributed by atoms with van der Waals surface area (Å²) in [5, 5.41) is 11.7. The first-order valence-corrected chi connectivity index (χ1v) is 8.28. The number of likely N-dealkylation sites (tertiary alicyclic amines) is 1. The first-order chi connectivity index (χ1) is 9.45. The van der Waals surface area contributed by atoms with Crippen LogP contribution in [-0.2, 0) is 4.79 Å². The number of hydrogen-bond donors (Lipinski definition) is 2. The molecule has 116 valence electrons. The molecule has 0 bridgehead atoms. The van der Waals surface area contributed by atoms with E-state index in [1.54, 1.807) is 23.7 Å². The van der Waals surface area contributed by atoms with Crippen LogP contribution in [0.4, 0.5) is 4.79 Å². The maximum Gasteiger partial charge on any atom is 0.326 e. The van der Waals surface area contributed by atoms with E-state index in [1.807, 2.05) is 6.26 Å². The SMILES string of the molecule is CSCC[C@H](NC(=O)N(C)C1CCN(C)CC1)C(=O)O. The van der Waals surface area contributed by atoms with Crippen LogP contribution < -0.4 is 5.32 Å². The number of hydrogen-bond acceptors (Lipinski definition) is 4. The van der Waals surface area contributed by atoms with Crippen LogP contribution in [0.5, 0.6) is 0 Å². The molecule has 0 aromatic rings. The topological polar surface area (TPSA) is 72.9 Å². The van der Waals surface area contributed by atoms with Gasteiger partial charge in [0.05, 0.1) is 0 Å². The van der Waals surface area contributed by atoms with E-state index < -0.39 is 12.0 Å². The standard InChI is InChI=1S/C13H25N3O3S/c1-15-7-4-10(5-8-15)16(2)13(19)14-11(12(17)18)6-9-20-3/h10-11H,4-9H2,1-3H3,(H,14,19)(H,17,18)/t11-/m0/s1. The minimum atomic E-state index is -0.968. The lowest BCUT2D eigenvalue weighted by atomic mass is 10.0. The minimum absolute atomic E-state index is 0.196. The molecule has 1 atom stereocenters. The number of carboxylic acid groups (broad SMARTS) is 1. The van der Waals surface area contributed by atoms with Crippen LogP contribution >= 0.6 is 11.8 Å². The van der Waals surface area contributed by atoms with Gasteiger partial charge in [0.2, 0.25) is 0 Å². The lowest BCUT2D eigenvalue weighted by molar-refractivity contribution is -0.139. The van der Waals surface area contributed by atoms with Crippen LogP contribution in [0.2, 0.25) is 0 Å². The van der Waals surface area contributed by atoms with Gasteiger partial charge in [-0.05, 0) is 51.4 Å². The monoisotopic (exact) mass is 303 g/mol. The van der Waals surface area contributed by atoms with Crippen LogP contribution in [0.1, 0.15) is 19.3 Å². The van der Waals surface area contributed by atoms with Crippen molar-refractivity contribution in [1.82, 2.24) is 15.1 Å². The fraction of sp³-hybridized carbons (Fsp3) is 0.846. The van der Waals surface area contributed by atoms with Gasteiger partial charge in [0.25, 0.3) is 0 Å². The van der Waals surface area contributed by atoms with Gasteiger partial charge in [0, 0.05) is 13.1 Å². The number of thioether (sulfide) groups is 1. The number of nitrogens with one attached hydrogen (secondary N) is 1. The first-order valence-electron chi connectivity index (χ1n) is 6.89. The number of amides is 2. The molecule has 1 heterocycles. The summed E-state index contributed by atoms with van der Waals surface area (Å²) in [7, 11) is 3.82. The van der Waals surface area contributed by atoms with Crippen molar-refractivity contribution in [3.8, 4) is 0 Å². The summed E-state index contributed by atoms with van der Waals surface area (Å²) < 4.78 is 0. The third-order valence-electron chi connectivity index (χ3n) is 3.76. The molecule has 0 radical (unpaired) electrons. The van der Waals surface area contributed by atoms with E-state index >= 15 is 0 Å². The molecule has 1 rings (SSSR count). The first kappa shape index (κ1) is 17.1. The van der Waals surface area contributed by atoms with Crippen molar-refractivity contribution in [1.29, 1.82) is 0 Å². The zero-order valence-electron chi connectivity index (χ0n) is 12.5. The Morgan fingerprint density at radius 1 is 1.45 bits per heavy atom. The Morgan fingerprint density at radius 2 is 2.05 bits per heavy atom. The van der Waals surface area contributed by atoms with Gasteiger partial charge in [-0.3, -0.25) is 0 Å². The number of piperidine rings is 1. The summed E-state index contributed by atoms with van der Waals surface area (Å²) in [4.78, 5) is 27.2. The second-order valence-corrected chi connectivity index (χ2v) is 6.25. The number of carboxylic acids is 1. The molecule has 2 amide bonds. The summed E-state index contributed by atoms with van der Waals surface area (Å²) in [5.41, 5.74) is 0. The fourth-order valence-corrected chi connectivity index (χ4v) is 2.76. The molecule has 0 spiro atoms. The van der Waals surface area contributed by atoms with Crippen LogP contribution in [0.15, 0.2) is 0 Å². The number of carbonyl (C=O) groups excluding carboxylic acids is 1. The largest absolute Gasteiger partial charge is 0.480 e. The van der Waals surface area contributed by atoms with Gasteiger partial charge in [-0.15, -0.1) is 0 Å². The van der Waals surface area contributed by atoms with Crippen molar-refractivity contribution in [3.05, 3.63) is 0 Å². The molecule has 1 saturated heterocycles. The molecule has 0 aliphatic carbocycles. The Kier molecular flexibility index (Phi) is 7.15. The Balaban J connectivity index is 2.48. The van der Waals surface area contributed by atoms with E-state index in [9.17, 15) is 9.59 Å². The van der Waals surface area contributed by atoms with E-state index in [0.717, 1.165) is 31.7 Å². The predicted molar refractivity (Wildman–Crippen MR) is 81.2 cm³/mol. The Bertz CT molecular complexity index is 333. The number of rotatable bonds is 6. The van der Waals surface area contributed by atoms with Gasteiger partial charge in [-0.1, -0.05) is 0 Å². The maximum atomic E-state index is 12.1. The molecule has 1 aliphatic heterocycles. The van der Waals surface area contributed by atoms with Crippen LogP contribution in [-0.4, -0.2) is 78.2 Å². The normalized spacial score (nSPS) is 18.6. The molecule has 1 aliphatic rings. The predicted octanol–water partition coefficient (Wildman–Crippen LogP) is 0.928. The zero-order chi connectivity index (χ0) is 15.1. The Labute approximate surface area is 124 Å². The van der Waals surface area contributed by atoms with Gasteiger partial charge in [-0.25, -0.2) is 9.59 Å². The van der Waals surface area contributed by atoms with Gasteiger partial charge in [0.1, 0.15) is 6.04 Å². The molecule has 20 heavy (non-hydrogen) atoms. The summed E-state index contributed by atoms with van der Waals surface area (Å²) >= 11 is 1.58. The molecule has 0 unspecified atom stereocenters. The van der Waals surface area contributed by atoms with E-state index in [1.165, 1.54) is 0 Å². The number of urea groups is 1. The van der Waals surface area contributed by atoms with Crippen molar-refractivity contribution in [2.75, 3.05) is 39.2 Å². The Morgan fingerprint density at radius 3 is 2.55 bits per heavy atom. The van der Waals surface area contributed by atoms with Crippen molar-refractivity contribution in [3.63, 3.8) is 0 Å². The minimum Gasteiger partial charge on any atom is -0.480 e. The Hall–Kier alpha value is -0.950. The summed E-state index contributed by atoms with van der Waals surface area (Å²) in [6.07, 6.45) is 4.24. The maximum absolute atomic E-state index is 12.1. The third kappa shape index (κ3) is 5.20. The molecule has 6 nitrogen and oxygen atoms in total. The number of aliphatic carboxylic acids is 1. The quantitative estimate of drug-likeness (QED) is 0.763. The van der Waals surface area contributed by atoms with Gasteiger partial charge < -0.3 is 20.2 Å². The summed E-state index contributed by atoms with van der Waals surface area (Å²) in [5.74, 6) is -0.251. The molecule has 1 fully saturated rings. The lowest BCUT2D eigenvalue weighted by Gasteiger charge is -2.35. The highest BCUT2D eigenvalue weighted by Gasteiger charge is 2.27. The van der Waals surface area contributed by atoms with Crippen molar-refractivity contribution >= 4 is 23.8 Å². The molecule has 7 heteroatoms. The molecule has 0 saturated carbocycles. The number of carbonyl (C=O) groups is 2. The second-order valence-electron chi connectivity index (χ2n) is 5.27. The van der Waals surface area contributed by atoms with Crippen LogP contribution in [0, 0.1) is 0 Å². The van der Waals surface area contributed by atoms with E-state index in [2.05, 4.69) is 17.3 Å². The molecular weight excluding hydrogens is 278 g/mol. The van der Waals surface area contributed by atoms with Crippen LogP contribution in [0.3, 0.4) is 0 Å². The highest BCUT2D eigenvalue weighted by molar-refractivity contribution is 7.98. The molecule has 0 aromatic carbocycles. The third-order valence-corrected chi connectivity index (χ3v) is 4.41. The smallest absolute Gasteiger partial charge is 0.326 e. The van der Waals surface area contributed by atoms with Crippen LogP contribution in [0.25, 0.3) is 0 Å². The highest BCUT2D eigenvalue weighted by Crippen LogP contribution is 2.14. The molecule has 0 aromatic heterocycles.